The van der Waals surface area contributed by atoms with Crippen LogP contribution in [0.5, 0.6) is 0 Å². The van der Waals surface area contributed by atoms with Crippen LogP contribution in [0.4, 0.5) is 17.1 Å². The van der Waals surface area contributed by atoms with Gasteiger partial charge < -0.3 is 9.32 Å². The topological polar surface area (TPSA) is 16.4 Å². The molecule has 3 aliphatic rings. The number of hydrogen-bond donors (Lipinski definition) is 0. The van der Waals surface area contributed by atoms with Crippen LogP contribution in [0.3, 0.4) is 0 Å². The predicted molar refractivity (Wildman–Crippen MR) is 213 cm³/mol. The number of allylic oxidation sites excluding steroid dienone is 2. The van der Waals surface area contributed by atoms with Crippen LogP contribution in [0.1, 0.15) is 65.3 Å². The third kappa shape index (κ3) is 4.85. The summed E-state index contributed by atoms with van der Waals surface area (Å²) >= 11 is 0. The third-order valence-electron chi connectivity index (χ3n) is 11.5. The van der Waals surface area contributed by atoms with Crippen molar-refractivity contribution in [3.63, 3.8) is 0 Å². The molecular formula is C49H39NO. The van der Waals surface area contributed by atoms with Crippen molar-refractivity contribution >= 4 is 40.2 Å². The highest BCUT2D eigenvalue weighted by atomic mass is 16.3. The molecule has 0 N–H and O–H groups in total. The molecule has 0 aliphatic heterocycles. The molecule has 2 heteroatoms. The van der Waals surface area contributed by atoms with Gasteiger partial charge in [0.1, 0.15) is 11.3 Å². The number of para-hydroxylation sites is 1. The summed E-state index contributed by atoms with van der Waals surface area (Å²) in [5.41, 5.74) is 17.7. The van der Waals surface area contributed by atoms with Crippen molar-refractivity contribution in [2.45, 2.75) is 44.4 Å². The van der Waals surface area contributed by atoms with E-state index >= 15 is 0 Å². The van der Waals surface area contributed by atoms with Crippen LogP contribution < -0.4 is 4.90 Å². The van der Waals surface area contributed by atoms with Gasteiger partial charge in [0.2, 0.25) is 0 Å². The van der Waals surface area contributed by atoms with Crippen molar-refractivity contribution in [1.29, 1.82) is 0 Å². The van der Waals surface area contributed by atoms with Crippen LogP contribution >= 0.6 is 0 Å². The maximum atomic E-state index is 6.52. The number of benzene rings is 6. The van der Waals surface area contributed by atoms with E-state index in [0.29, 0.717) is 5.92 Å². The summed E-state index contributed by atoms with van der Waals surface area (Å²) in [4.78, 5) is 2.38. The van der Waals surface area contributed by atoms with E-state index in [2.05, 4.69) is 177 Å². The van der Waals surface area contributed by atoms with Gasteiger partial charge in [-0.05, 0) is 111 Å². The highest BCUT2D eigenvalue weighted by molar-refractivity contribution is 5.93. The van der Waals surface area contributed by atoms with Crippen LogP contribution in [-0.4, -0.2) is 0 Å². The summed E-state index contributed by atoms with van der Waals surface area (Å²) < 4.78 is 6.52. The minimum absolute atomic E-state index is 0.0618. The summed E-state index contributed by atoms with van der Waals surface area (Å²) in [6, 6.07) is 49.0. The Morgan fingerprint density at radius 1 is 0.647 bits per heavy atom. The molecule has 0 bridgehead atoms. The number of furan rings is 1. The van der Waals surface area contributed by atoms with Crippen molar-refractivity contribution in [3.8, 4) is 22.3 Å². The van der Waals surface area contributed by atoms with Crippen molar-refractivity contribution in [2.75, 3.05) is 4.90 Å². The number of hydrogen-bond acceptors (Lipinski definition) is 2. The summed E-state index contributed by atoms with van der Waals surface area (Å²) in [7, 11) is 0. The zero-order chi connectivity index (χ0) is 34.1. The average molecular weight is 658 g/mol. The Kier molecular flexibility index (Phi) is 6.83. The summed E-state index contributed by atoms with van der Waals surface area (Å²) in [5.74, 6) is 1.43. The average Bonchev–Trinajstić information content (AvgIpc) is 3.66. The van der Waals surface area contributed by atoms with Gasteiger partial charge >= 0.3 is 0 Å². The van der Waals surface area contributed by atoms with Gasteiger partial charge in [-0.3, -0.25) is 0 Å². The first-order valence-electron chi connectivity index (χ1n) is 18.2. The molecule has 1 unspecified atom stereocenters. The minimum atomic E-state index is -0.0618. The molecule has 0 saturated heterocycles. The van der Waals surface area contributed by atoms with E-state index in [0.717, 1.165) is 47.7 Å². The standard InChI is InChI=1S/C49H39NO/c1-49(2)45-18-9-8-16-41(45)42-27-25-38(31-46(42)49)50(36-13-4-3-5-14-36)37-23-19-32(20-24-37)34-22-28-47-44(29-34)43-26-21-35(30-48(43)51-47)40-17-10-12-33-11-6-7-15-39(33)40/h3-6,8-14,16-29,31,35H,7,15,30H2,1-2H3. The Bertz CT molecular complexity index is 2530. The molecular weight excluding hydrogens is 619 g/mol. The second-order valence-electron chi connectivity index (χ2n) is 14.8. The molecule has 0 radical (unpaired) electrons. The highest BCUT2D eigenvalue weighted by Crippen LogP contribution is 2.50. The quantitative estimate of drug-likeness (QED) is 0.183. The summed E-state index contributed by atoms with van der Waals surface area (Å²) in [5, 5.41) is 1.19. The molecule has 1 aromatic heterocycles. The maximum Gasteiger partial charge on any atom is 0.134 e. The molecule has 3 aliphatic carbocycles. The second-order valence-corrected chi connectivity index (χ2v) is 14.8. The Labute approximate surface area is 300 Å². The van der Waals surface area contributed by atoms with Crippen molar-refractivity contribution < 1.29 is 4.42 Å². The lowest BCUT2D eigenvalue weighted by Gasteiger charge is -2.28. The Hall–Kier alpha value is -5.86. The largest absolute Gasteiger partial charge is 0.460 e. The molecule has 0 saturated carbocycles. The lowest BCUT2D eigenvalue weighted by Crippen LogP contribution is -2.16. The molecule has 6 aromatic carbocycles. The van der Waals surface area contributed by atoms with E-state index in [1.54, 1.807) is 0 Å². The molecule has 246 valence electrons. The fourth-order valence-corrected chi connectivity index (χ4v) is 8.89. The van der Waals surface area contributed by atoms with E-state index in [-0.39, 0.29) is 5.41 Å². The number of fused-ring (bicyclic) bond motifs is 7. The molecule has 0 fully saturated rings. The van der Waals surface area contributed by atoms with E-state index < -0.39 is 0 Å². The zero-order valence-electron chi connectivity index (χ0n) is 29.1. The number of nitrogens with zero attached hydrogens (tertiary/aromatic N) is 1. The Morgan fingerprint density at radius 2 is 1.41 bits per heavy atom. The van der Waals surface area contributed by atoms with Gasteiger partial charge in [-0.25, -0.2) is 0 Å². The molecule has 1 heterocycles. The van der Waals surface area contributed by atoms with Crippen LogP contribution in [-0.2, 0) is 18.3 Å². The van der Waals surface area contributed by atoms with E-state index in [1.807, 2.05) is 0 Å². The van der Waals surface area contributed by atoms with Gasteiger partial charge in [-0.2, -0.15) is 0 Å². The molecule has 2 nitrogen and oxygen atoms in total. The van der Waals surface area contributed by atoms with Crippen molar-refractivity contribution in [1.82, 2.24) is 0 Å². The lowest BCUT2D eigenvalue weighted by atomic mass is 9.82. The van der Waals surface area contributed by atoms with Crippen molar-refractivity contribution in [2.24, 2.45) is 0 Å². The van der Waals surface area contributed by atoms with Crippen LogP contribution in [0, 0.1) is 0 Å². The monoisotopic (exact) mass is 657 g/mol. The second kappa shape index (κ2) is 11.6. The zero-order valence-corrected chi connectivity index (χ0v) is 29.1. The fraction of sp³-hybridized carbons (Fsp3) is 0.143. The third-order valence-corrected chi connectivity index (χ3v) is 11.5. The fourth-order valence-electron chi connectivity index (χ4n) is 8.89. The van der Waals surface area contributed by atoms with Crippen LogP contribution in [0.25, 0.3) is 45.4 Å². The first-order chi connectivity index (χ1) is 25.0. The minimum Gasteiger partial charge on any atom is -0.460 e. The van der Waals surface area contributed by atoms with Crippen LogP contribution in [0.2, 0.25) is 0 Å². The molecule has 1 atom stereocenters. The number of anilines is 3. The molecule has 0 spiro atoms. The van der Waals surface area contributed by atoms with Gasteiger partial charge in [0, 0.05) is 45.8 Å². The van der Waals surface area contributed by atoms with Gasteiger partial charge in [0.05, 0.1) is 0 Å². The first-order valence-corrected chi connectivity index (χ1v) is 18.2. The first kappa shape index (κ1) is 30.0. The van der Waals surface area contributed by atoms with E-state index in [4.69, 9.17) is 4.42 Å². The van der Waals surface area contributed by atoms with E-state index in [9.17, 15) is 0 Å². The Balaban J connectivity index is 0.980. The molecule has 7 aromatic rings. The maximum absolute atomic E-state index is 6.52. The predicted octanol–water partition coefficient (Wildman–Crippen LogP) is 13.2. The van der Waals surface area contributed by atoms with Gasteiger partial charge in [-0.15, -0.1) is 0 Å². The summed E-state index contributed by atoms with van der Waals surface area (Å²) in [6.45, 7) is 4.69. The Morgan fingerprint density at radius 3 is 2.29 bits per heavy atom. The molecule has 10 rings (SSSR count). The smallest absolute Gasteiger partial charge is 0.134 e. The molecule has 51 heavy (non-hydrogen) atoms. The number of rotatable bonds is 5. The summed E-state index contributed by atoms with van der Waals surface area (Å²) in [6.07, 6.45) is 12.4. The van der Waals surface area contributed by atoms with Crippen molar-refractivity contribution in [3.05, 3.63) is 185 Å². The van der Waals surface area contributed by atoms with Gasteiger partial charge in [0.15, 0.2) is 0 Å². The highest BCUT2D eigenvalue weighted by Gasteiger charge is 2.35. The normalized spacial score (nSPS) is 16.4. The van der Waals surface area contributed by atoms with Crippen LogP contribution in [0.15, 0.2) is 150 Å². The SMILES string of the molecule is CC1(C)c2ccccc2-c2ccc(N(c3ccccc3)c3ccc(-c4ccc5oc6c(c5c4)C=CC(c4cccc5c4CCC=C5)C6)cc3)cc21. The molecule has 0 amide bonds. The van der Waals surface area contributed by atoms with Gasteiger partial charge in [0.25, 0.3) is 0 Å². The van der Waals surface area contributed by atoms with E-state index in [1.165, 1.54) is 61.0 Å². The lowest BCUT2D eigenvalue weighted by molar-refractivity contribution is 0.532. The van der Waals surface area contributed by atoms with Gasteiger partial charge in [-0.1, -0.05) is 123 Å².